The molecule has 0 radical (unpaired) electrons. The second kappa shape index (κ2) is 5.30. The molecule has 20 heavy (non-hydrogen) atoms. The highest BCUT2D eigenvalue weighted by atomic mass is 32.1. The lowest BCUT2D eigenvalue weighted by Gasteiger charge is -2.14. The molecule has 2 aromatic rings. The lowest BCUT2D eigenvalue weighted by molar-refractivity contribution is 0.524. The summed E-state index contributed by atoms with van der Waals surface area (Å²) in [4.78, 5) is 4.75. The Bertz CT molecular complexity index is 570. The highest BCUT2D eigenvalue weighted by Crippen LogP contribution is 2.26. The molecule has 0 atom stereocenters. The van der Waals surface area contributed by atoms with Crippen molar-refractivity contribution < 1.29 is 0 Å². The van der Waals surface area contributed by atoms with Crippen molar-refractivity contribution in [1.82, 2.24) is 10.3 Å². The van der Waals surface area contributed by atoms with Crippen LogP contribution in [0.25, 0.3) is 0 Å². The Labute approximate surface area is 125 Å². The monoisotopic (exact) mass is 286 g/mol. The summed E-state index contributed by atoms with van der Waals surface area (Å²) in [6.07, 6.45) is 2.29. The van der Waals surface area contributed by atoms with Gasteiger partial charge < -0.3 is 5.32 Å². The van der Waals surface area contributed by atoms with E-state index in [2.05, 4.69) is 55.7 Å². The molecule has 3 rings (SSSR count). The Morgan fingerprint density at radius 1 is 1.20 bits per heavy atom. The van der Waals surface area contributed by atoms with Crippen molar-refractivity contribution in [2.75, 3.05) is 0 Å². The van der Waals surface area contributed by atoms with Gasteiger partial charge in [0, 0.05) is 23.4 Å². The summed E-state index contributed by atoms with van der Waals surface area (Å²) in [7, 11) is 0. The summed E-state index contributed by atoms with van der Waals surface area (Å²) in [6.45, 7) is 7.54. The van der Waals surface area contributed by atoms with E-state index in [0.717, 1.165) is 19.4 Å². The van der Waals surface area contributed by atoms with E-state index >= 15 is 0 Å². The largest absolute Gasteiger partial charge is 0.308 e. The van der Waals surface area contributed by atoms with E-state index in [4.69, 9.17) is 4.98 Å². The van der Waals surface area contributed by atoms with Gasteiger partial charge in [-0.3, -0.25) is 0 Å². The first-order valence-corrected chi connectivity index (χ1v) is 8.15. The molecule has 0 saturated carbocycles. The topological polar surface area (TPSA) is 24.9 Å². The van der Waals surface area contributed by atoms with E-state index in [1.807, 2.05) is 0 Å². The minimum Gasteiger partial charge on any atom is -0.308 e. The molecule has 1 aromatic heterocycles. The van der Waals surface area contributed by atoms with Gasteiger partial charge in [0.2, 0.25) is 0 Å². The number of nitrogens with zero attached hydrogens (tertiary/aromatic N) is 1. The number of aromatic nitrogens is 1. The second-order valence-corrected chi connectivity index (χ2v) is 7.51. The van der Waals surface area contributed by atoms with Gasteiger partial charge in [0.15, 0.2) is 0 Å². The van der Waals surface area contributed by atoms with Crippen LogP contribution in [0.2, 0.25) is 0 Å². The summed E-state index contributed by atoms with van der Waals surface area (Å²) >= 11 is 1.78. The van der Waals surface area contributed by atoms with Crippen molar-refractivity contribution in [3.63, 3.8) is 0 Å². The highest BCUT2D eigenvalue weighted by molar-refractivity contribution is 7.09. The lowest BCUT2D eigenvalue weighted by atomic mass is 9.98. The van der Waals surface area contributed by atoms with Gasteiger partial charge in [-0.2, -0.15) is 0 Å². The Morgan fingerprint density at radius 3 is 2.40 bits per heavy atom. The zero-order valence-electron chi connectivity index (χ0n) is 12.4. The fourth-order valence-corrected chi connectivity index (χ4v) is 3.59. The van der Waals surface area contributed by atoms with E-state index in [9.17, 15) is 0 Å². The van der Waals surface area contributed by atoms with Crippen LogP contribution in [0.3, 0.4) is 0 Å². The Balaban J connectivity index is 1.58. The molecule has 0 saturated heterocycles. The summed E-state index contributed by atoms with van der Waals surface area (Å²) in [5, 5.41) is 7.07. The maximum Gasteiger partial charge on any atom is 0.0982 e. The fraction of sp³-hybridized carbons (Fsp3) is 0.471. The number of nitrogens with one attached hydrogen (secondary N) is 1. The molecule has 1 aliphatic rings. The van der Waals surface area contributed by atoms with Gasteiger partial charge in [-0.15, -0.1) is 11.3 Å². The summed E-state index contributed by atoms with van der Waals surface area (Å²) in [5.41, 5.74) is 4.33. The quantitative estimate of drug-likeness (QED) is 0.930. The van der Waals surface area contributed by atoms with E-state index in [0.29, 0.717) is 6.04 Å². The van der Waals surface area contributed by atoms with Crippen LogP contribution in [-0.4, -0.2) is 11.0 Å². The third kappa shape index (κ3) is 2.94. The summed E-state index contributed by atoms with van der Waals surface area (Å²) in [6, 6.07) is 9.33. The van der Waals surface area contributed by atoms with Gasteiger partial charge >= 0.3 is 0 Å². The van der Waals surface area contributed by atoms with Gasteiger partial charge in [0.25, 0.3) is 0 Å². The highest BCUT2D eigenvalue weighted by Gasteiger charge is 2.21. The molecule has 1 aromatic carbocycles. The average molecular weight is 286 g/mol. The Hall–Kier alpha value is -1.19. The molecule has 1 aliphatic carbocycles. The van der Waals surface area contributed by atoms with Crippen LogP contribution in [0.5, 0.6) is 0 Å². The van der Waals surface area contributed by atoms with Crippen LogP contribution in [0, 0.1) is 0 Å². The first kappa shape index (κ1) is 13.8. The fourth-order valence-electron chi connectivity index (χ4n) is 2.68. The third-order valence-corrected chi connectivity index (χ3v) is 5.13. The van der Waals surface area contributed by atoms with Crippen molar-refractivity contribution in [3.05, 3.63) is 51.5 Å². The molecule has 106 valence electrons. The Morgan fingerprint density at radius 2 is 1.85 bits per heavy atom. The number of hydrogen-bond acceptors (Lipinski definition) is 3. The molecule has 0 bridgehead atoms. The predicted octanol–water partition coefficient (Wildman–Crippen LogP) is 3.70. The molecule has 0 unspecified atom stereocenters. The number of benzene rings is 1. The maximum absolute atomic E-state index is 4.75. The zero-order valence-corrected chi connectivity index (χ0v) is 13.3. The normalized spacial score (nSPS) is 15.6. The number of rotatable bonds is 3. The van der Waals surface area contributed by atoms with Crippen LogP contribution in [0.4, 0.5) is 0 Å². The number of thiazole rings is 1. The minimum atomic E-state index is 0.159. The van der Waals surface area contributed by atoms with Crippen molar-refractivity contribution >= 4 is 11.3 Å². The molecular weight excluding hydrogens is 264 g/mol. The van der Waals surface area contributed by atoms with Crippen LogP contribution in [0.15, 0.2) is 29.6 Å². The van der Waals surface area contributed by atoms with Gasteiger partial charge in [-0.25, -0.2) is 4.98 Å². The van der Waals surface area contributed by atoms with Crippen molar-refractivity contribution in [2.45, 2.75) is 51.6 Å². The molecule has 0 spiro atoms. The van der Waals surface area contributed by atoms with Crippen LogP contribution in [0.1, 0.15) is 42.6 Å². The third-order valence-electron chi connectivity index (χ3n) is 3.82. The van der Waals surface area contributed by atoms with Gasteiger partial charge in [-0.1, -0.05) is 45.0 Å². The molecule has 1 N–H and O–H groups in total. The molecular formula is C17H22N2S. The van der Waals surface area contributed by atoms with Crippen LogP contribution < -0.4 is 5.32 Å². The SMILES string of the molecule is CC(C)(C)c1nc(CNC2Cc3ccccc3C2)cs1. The first-order chi connectivity index (χ1) is 9.52. The molecule has 0 fully saturated rings. The van der Waals surface area contributed by atoms with E-state index < -0.39 is 0 Å². The van der Waals surface area contributed by atoms with Crippen molar-refractivity contribution in [1.29, 1.82) is 0 Å². The van der Waals surface area contributed by atoms with Crippen molar-refractivity contribution in [3.8, 4) is 0 Å². The van der Waals surface area contributed by atoms with Gasteiger partial charge in [0.1, 0.15) is 0 Å². The zero-order chi connectivity index (χ0) is 14.2. The molecule has 3 heteroatoms. The maximum atomic E-state index is 4.75. The number of fused-ring (bicyclic) bond motifs is 1. The second-order valence-electron chi connectivity index (χ2n) is 6.65. The van der Waals surface area contributed by atoms with Gasteiger partial charge in [0.05, 0.1) is 10.7 Å². The molecule has 0 aliphatic heterocycles. The standard InChI is InChI=1S/C17H22N2S/c1-17(2,3)16-19-15(11-20-16)10-18-14-8-12-6-4-5-7-13(12)9-14/h4-7,11,14,18H,8-10H2,1-3H3. The van der Waals surface area contributed by atoms with Crippen LogP contribution >= 0.6 is 11.3 Å². The smallest absolute Gasteiger partial charge is 0.0982 e. The Kier molecular flexibility index (Phi) is 3.65. The van der Waals surface area contributed by atoms with E-state index in [1.54, 1.807) is 11.3 Å². The number of hydrogen-bond donors (Lipinski definition) is 1. The summed E-state index contributed by atoms with van der Waals surface area (Å²) in [5.74, 6) is 0. The average Bonchev–Trinajstić information content (AvgIpc) is 3.02. The van der Waals surface area contributed by atoms with E-state index in [-0.39, 0.29) is 5.41 Å². The van der Waals surface area contributed by atoms with Gasteiger partial charge in [-0.05, 0) is 24.0 Å². The molecule has 2 nitrogen and oxygen atoms in total. The minimum absolute atomic E-state index is 0.159. The van der Waals surface area contributed by atoms with Crippen LogP contribution in [-0.2, 0) is 24.8 Å². The van der Waals surface area contributed by atoms with Crippen molar-refractivity contribution in [2.24, 2.45) is 0 Å². The predicted molar refractivity (Wildman–Crippen MR) is 85.3 cm³/mol. The first-order valence-electron chi connectivity index (χ1n) is 7.27. The van der Waals surface area contributed by atoms with E-state index in [1.165, 1.54) is 21.8 Å². The summed E-state index contributed by atoms with van der Waals surface area (Å²) < 4.78 is 0. The molecule has 0 amide bonds. The lowest BCUT2D eigenvalue weighted by Crippen LogP contribution is -2.29. The molecule has 1 heterocycles.